The standard InChI is InChI=1S/C11H13F3N4/c1-17(6-11(12,13)14)10-8-5-7(15)3-4-9(8)18(2)16-10/h3-5H,6,15H2,1-2H3. The fraction of sp³-hybridized carbons (Fsp3) is 0.364. The summed E-state index contributed by atoms with van der Waals surface area (Å²) in [5.74, 6) is 0.275. The first-order chi connectivity index (χ1) is 8.28. The molecule has 1 aromatic heterocycles. The first kappa shape index (κ1) is 12.5. The third-order valence-corrected chi connectivity index (χ3v) is 2.63. The van der Waals surface area contributed by atoms with Crippen molar-refractivity contribution in [1.29, 1.82) is 0 Å². The summed E-state index contributed by atoms with van der Waals surface area (Å²) in [6.45, 7) is -1.05. The summed E-state index contributed by atoms with van der Waals surface area (Å²) >= 11 is 0. The van der Waals surface area contributed by atoms with Crippen LogP contribution in [0.5, 0.6) is 0 Å². The predicted octanol–water partition coefficient (Wildman–Crippen LogP) is 2.15. The van der Waals surface area contributed by atoms with E-state index in [-0.39, 0.29) is 5.82 Å². The van der Waals surface area contributed by atoms with Crippen LogP contribution in [-0.4, -0.2) is 29.5 Å². The van der Waals surface area contributed by atoms with Crippen LogP contribution in [0.3, 0.4) is 0 Å². The molecule has 0 spiro atoms. The lowest BCUT2D eigenvalue weighted by molar-refractivity contribution is -0.119. The normalized spacial score (nSPS) is 12.1. The minimum absolute atomic E-state index is 0.275. The molecule has 98 valence electrons. The Bertz CT molecular complexity index is 573. The average molecular weight is 258 g/mol. The Morgan fingerprint density at radius 1 is 1.39 bits per heavy atom. The molecule has 2 N–H and O–H groups in total. The minimum atomic E-state index is -4.26. The Labute approximate surface area is 102 Å². The van der Waals surface area contributed by atoms with Crippen LogP contribution < -0.4 is 10.6 Å². The highest BCUT2D eigenvalue weighted by Crippen LogP contribution is 2.28. The second kappa shape index (κ2) is 4.08. The van der Waals surface area contributed by atoms with E-state index >= 15 is 0 Å². The molecule has 1 heterocycles. The highest BCUT2D eigenvalue weighted by Gasteiger charge is 2.30. The first-order valence-electron chi connectivity index (χ1n) is 5.28. The van der Waals surface area contributed by atoms with Gasteiger partial charge in [0, 0.05) is 25.2 Å². The number of hydrogen-bond donors (Lipinski definition) is 1. The molecular weight excluding hydrogens is 245 g/mol. The molecule has 1 aromatic carbocycles. The van der Waals surface area contributed by atoms with Crippen molar-refractivity contribution in [2.24, 2.45) is 7.05 Å². The van der Waals surface area contributed by atoms with Crippen LogP contribution >= 0.6 is 0 Å². The summed E-state index contributed by atoms with van der Waals surface area (Å²) in [6.07, 6.45) is -4.26. The van der Waals surface area contributed by atoms with E-state index in [1.54, 1.807) is 25.2 Å². The van der Waals surface area contributed by atoms with Crippen LogP contribution in [0.2, 0.25) is 0 Å². The zero-order chi connectivity index (χ0) is 13.5. The molecule has 0 unspecified atom stereocenters. The minimum Gasteiger partial charge on any atom is -0.399 e. The second-order valence-electron chi connectivity index (χ2n) is 4.20. The maximum absolute atomic E-state index is 12.4. The van der Waals surface area contributed by atoms with Crippen molar-refractivity contribution >= 4 is 22.4 Å². The Hall–Kier alpha value is -1.92. The van der Waals surface area contributed by atoms with E-state index < -0.39 is 12.7 Å². The maximum atomic E-state index is 12.4. The van der Waals surface area contributed by atoms with Crippen LogP contribution in [0.15, 0.2) is 18.2 Å². The van der Waals surface area contributed by atoms with Gasteiger partial charge in [-0.1, -0.05) is 0 Å². The monoisotopic (exact) mass is 258 g/mol. The molecule has 2 rings (SSSR count). The molecule has 0 saturated carbocycles. The molecule has 18 heavy (non-hydrogen) atoms. The fourth-order valence-electron chi connectivity index (χ4n) is 1.89. The second-order valence-corrected chi connectivity index (χ2v) is 4.20. The molecule has 0 fully saturated rings. The highest BCUT2D eigenvalue weighted by atomic mass is 19.4. The molecule has 7 heteroatoms. The largest absolute Gasteiger partial charge is 0.405 e. The van der Waals surface area contributed by atoms with E-state index in [4.69, 9.17) is 5.73 Å². The van der Waals surface area contributed by atoms with Crippen LogP contribution in [0, 0.1) is 0 Å². The van der Waals surface area contributed by atoms with Crippen LogP contribution in [0.1, 0.15) is 0 Å². The molecule has 0 aliphatic heterocycles. The van der Waals surface area contributed by atoms with Gasteiger partial charge in [0.2, 0.25) is 0 Å². The van der Waals surface area contributed by atoms with Gasteiger partial charge in [-0.25, -0.2) is 0 Å². The van der Waals surface area contributed by atoms with Crippen molar-refractivity contribution in [2.75, 3.05) is 24.2 Å². The molecule has 0 aliphatic rings. The quantitative estimate of drug-likeness (QED) is 0.840. The molecule has 0 bridgehead atoms. The molecule has 0 saturated heterocycles. The lowest BCUT2D eigenvalue weighted by atomic mass is 10.2. The van der Waals surface area contributed by atoms with Crippen molar-refractivity contribution in [1.82, 2.24) is 9.78 Å². The van der Waals surface area contributed by atoms with Gasteiger partial charge in [0.15, 0.2) is 5.82 Å². The molecule has 2 aromatic rings. The summed E-state index contributed by atoms with van der Waals surface area (Å²) in [6, 6.07) is 5.06. The van der Waals surface area contributed by atoms with E-state index in [2.05, 4.69) is 5.10 Å². The maximum Gasteiger partial charge on any atom is 0.405 e. The highest BCUT2D eigenvalue weighted by molar-refractivity contribution is 5.92. The average Bonchev–Trinajstić information content (AvgIpc) is 2.53. The van der Waals surface area contributed by atoms with Gasteiger partial charge in [0.05, 0.1) is 5.52 Å². The van der Waals surface area contributed by atoms with Gasteiger partial charge in [-0.05, 0) is 18.2 Å². The van der Waals surface area contributed by atoms with Gasteiger partial charge in [0.1, 0.15) is 6.54 Å². The number of nitrogens with zero attached hydrogens (tertiary/aromatic N) is 3. The fourth-order valence-corrected chi connectivity index (χ4v) is 1.89. The van der Waals surface area contributed by atoms with Crippen molar-refractivity contribution in [3.8, 4) is 0 Å². The lowest BCUT2D eigenvalue weighted by Crippen LogP contribution is -2.31. The van der Waals surface area contributed by atoms with Crippen LogP contribution in [-0.2, 0) is 7.05 Å². The van der Waals surface area contributed by atoms with Crippen molar-refractivity contribution < 1.29 is 13.2 Å². The van der Waals surface area contributed by atoms with Crippen LogP contribution in [0.25, 0.3) is 10.9 Å². The predicted molar refractivity (Wildman–Crippen MR) is 64.5 cm³/mol. The molecule has 0 radical (unpaired) electrons. The Morgan fingerprint density at radius 2 is 2.06 bits per heavy atom. The zero-order valence-electron chi connectivity index (χ0n) is 9.99. The number of halogens is 3. The summed E-state index contributed by atoms with van der Waals surface area (Å²) in [5, 5.41) is 4.72. The summed E-state index contributed by atoms with van der Waals surface area (Å²) in [5.41, 5.74) is 6.89. The topological polar surface area (TPSA) is 47.1 Å². The number of hydrogen-bond acceptors (Lipinski definition) is 3. The van der Waals surface area contributed by atoms with Crippen molar-refractivity contribution in [3.05, 3.63) is 18.2 Å². The molecular formula is C11H13F3N4. The van der Waals surface area contributed by atoms with Gasteiger partial charge >= 0.3 is 6.18 Å². The number of aromatic nitrogens is 2. The van der Waals surface area contributed by atoms with E-state index in [1.165, 1.54) is 11.7 Å². The molecule has 4 nitrogen and oxygen atoms in total. The van der Waals surface area contributed by atoms with E-state index in [1.807, 2.05) is 0 Å². The number of nitrogens with two attached hydrogens (primary N) is 1. The smallest absolute Gasteiger partial charge is 0.399 e. The number of rotatable bonds is 2. The third-order valence-electron chi connectivity index (χ3n) is 2.63. The number of nitrogen functional groups attached to an aromatic ring is 1. The third kappa shape index (κ3) is 2.34. The van der Waals surface area contributed by atoms with Gasteiger partial charge < -0.3 is 10.6 Å². The Kier molecular flexibility index (Phi) is 2.84. The van der Waals surface area contributed by atoms with Crippen molar-refractivity contribution in [3.63, 3.8) is 0 Å². The number of benzene rings is 1. The number of anilines is 2. The summed E-state index contributed by atoms with van der Waals surface area (Å²) < 4.78 is 38.7. The zero-order valence-corrected chi connectivity index (χ0v) is 9.99. The van der Waals surface area contributed by atoms with Crippen LogP contribution in [0.4, 0.5) is 24.7 Å². The van der Waals surface area contributed by atoms with E-state index in [0.29, 0.717) is 11.1 Å². The number of fused-ring (bicyclic) bond motifs is 1. The van der Waals surface area contributed by atoms with Gasteiger partial charge in [0.25, 0.3) is 0 Å². The van der Waals surface area contributed by atoms with Gasteiger partial charge in [-0.2, -0.15) is 18.3 Å². The van der Waals surface area contributed by atoms with E-state index in [0.717, 1.165) is 10.4 Å². The SMILES string of the molecule is CN(CC(F)(F)F)c1nn(C)c2ccc(N)cc12. The Balaban J connectivity index is 2.47. The number of aryl methyl sites for hydroxylation is 1. The lowest BCUT2D eigenvalue weighted by Gasteiger charge is -2.18. The first-order valence-corrected chi connectivity index (χ1v) is 5.28. The molecule has 0 aliphatic carbocycles. The summed E-state index contributed by atoms with van der Waals surface area (Å²) in [4.78, 5) is 1.07. The summed E-state index contributed by atoms with van der Waals surface area (Å²) in [7, 11) is 3.04. The number of alkyl halides is 3. The molecule has 0 amide bonds. The molecule has 0 atom stereocenters. The van der Waals surface area contributed by atoms with Crippen molar-refractivity contribution in [2.45, 2.75) is 6.18 Å². The van der Waals surface area contributed by atoms with Gasteiger partial charge in [-0.15, -0.1) is 0 Å². The van der Waals surface area contributed by atoms with Gasteiger partial charge in [-0.3, -0.25) is 4.68 Å². The Morgan fingerprint density at radius 3 is 2.67 bits per heavy atom. The van der Waals surface area contributed by atoms with E-state index in [9.17, 15) is 13.2 Å².